The van der Waals surface area contributed by atoms with E-state index in [9.17, 15) is 4.79 Å². The Hall–Kier alpha value is -2.19. The third-order valence-electron chi connectivity index (χ3n) is 2.60. The van der Waals surface area contributed by atoms with Gasteiger partial charge < -0.3 is 14.8 Å². The predicted molar refractivity (Wildman–Crippen MR) is 77.8 cm³/mol. The first-order chi connectivity index (χ1) is 9.65. The number of carbonyl (C=O) groups excluding carboxylic acids is 1. The second-order valence-electron chi connectivity index (χ2n) is 4.24. The lowest BCUT2D eigenvalue weighted by Crippen LogP contribution is -2.37. The zero-order chi connectivity index (χ0) is 14.8. The van der Waals surface area contributed by atoms with E-state index in [1.54, 1.807) is 7.11 Å². The van der Waals surface area contributed by atoms with Crippen molar-refractivity contribution in [2.75, 3.05) is 40.4 Å². The van der Waals surface area contributed by atoms with Crippen molar-refractivity contribution in [3.8, 4) is 23.8 Å². The Morgan fingerprint density at radius 1 is 1.35 bits per heavy atom. The Labute approximate surface area is 119 Å². The van der Waals surface area contributed by atoms with Gasteiger partial charge >= 0.3 is 0 Å². The van der Waals surface area contributed by atoms with Crippen molar-refractivity contribution in [1.82, 2.24) is 10.2 Å². The molecule has 0 aliphatic heterocycles. The van der Waals surface area contributed by atoms with Gasteiger partial charge in [0.2, 0.25) is 5.91 Å². The van der Waals surface area contributed by atoms with E-state index < -0.39 is 0 Å². The van der Waals surface area contributed by atoms with E-state index in [0.29, 0.717) is 19.7 Å². The molecular weight excluding hydrogens is 256 g/mol. The van der Waals surface area contributed by atoms with Gasteiger partial charge in [-0.05, 0) is 31.3 Å². The molecule has 0 saturated heterocycles. The number of hydrogen-bond acceptors (Lipinski definition) is 4. The molecule has 0 bridgehead atoms. The maximum atomic E-state index is 11.4. The standard InChI is InChI=1S/C15H20N2O3/c1-4-9-16-15(18)12-17(2)10-11-20-14-7-5-13(19-3)6-8-14/h1,5-8H,9-12H2,2-3H3,(H,16,18). The summed E-state index contributed by atoms with van der Waals surface area (Å²) in [6.07, 6.45) is 5.07. The van der Waals surface area contributed by atoms with E-state index in [4.69, 9.17) is 15.9 Å². The lowest BCUT2D eigenvalue weighted by atomic mass is 10.3. The zero-order valence-corrected chi connectivity index (χ0v) is 11.9. The summed E-state index contributed by atoms with van der Waals surface area (Å²) in [6, 6.07) is 7.37. The molecule has 0 heterocycles. The summed E-state index contributed by atoms with van der Waals surface area (Å²) < 4.78 is 10.6. The Balaban J connectivity index is 2.22. The van der Waals surface area contributed by atoms with Crippen molar-refractivity contribution in [2.24, 2.45) is 0 Å². The second kappa shape index (κ2) is 8.83. The maximum Gasteiger partial charge on any atom is 0.234 e. The highest BCUT2D eigenvalue weighted by atomic mass is 16.5. The van der Waals surface area contributed by atoms with Gasteiger partial charge in [-0.3, -0.25) is 9.69 Å². The Morgan fingerprint density at radius 3 is 2.60 bits per heavy atom. The first-order valence-electron chi connectivity index (χ1n) is 6.31. The number of carbonyl (C=O) groups is 1. The fraction of sp³-hybridized carbons (Fsp3) is 0.400. The van der Waals surface area contributed by atoms with Crippen molar-refractivity contribution >= 4 is 5.91 Å². The van der Waals surface area contributed by atoms with Gasteiger partial charge in [0, 0.05) is 6.54 Å². The van der Waals surface area contributed by atoms with Gasteiger partial charge in [-0.25, -0.2) is 0 Å². The summed E-state index contributed by atoms with van der Waals surface area (Å²) in [6.45, 7) is 1.71. The SMILES string of the molecule is C#CCNC(=O)CN(C)CCOc1ccc(OC)cc1. The molecule has 1 amide bonds. The number of terminal acetylenes is 1. The maximum absolute atomic E-state index is 11.4. The number of amides is 1. The van der Waals surface area contributed by atoms with Crippen LogP contribution in [0.3, 0.4) is 0 Å². The Kier molecular flexibility index (Phi) is 7.01. The van der Waals surface area contributed by atoms with Crippen LogP contribution < -0.4 is 14.8 Å². The molecule has 1 aromatic carbocycles. The number of nitrogens with zero attached hydrogens (tertiary/aromatic N) is 1. The van der Waals surface area contributed by atoms with Gasteiger partial charge in [-0.2, -0.15) is 0 Å². The molecule has 20 heavy (non-hydrogen) atoms. The topological polar surface area (TPSA) is 50.8 Å². The average molecular weight is 276 g/mol. The van der Waals surface area contributed by atoms with E-state index in [0.717, 1.165) is 11.5 Å². The van der Waals surface area contributed by atoms with Crippen LogP contribution in [-0.2, 0) is 4.79 Å². The molecule has 1 rings (SSSR count). The van der Waals surface area contributed by atoms with Crippen molar-refractivity contribution in [3.63, 3.8) is 0 Å². The summed E-state index contributed by atoms with van der Waals surface area (Å²) in [5.74, 6) is 3.84. The van der Waals surface area contributed by atoms with Crippen LogP contribution in [0.25, 0.3) is 0 Å². The van der Waals surface area contributed by atoms with E-state index in [1.165, 1.54) is 0 Å². The van der Waals surface area contributed by atoms with Gasteiger partial charge in [-0.1, -0.05) is 5.92 Å². The largest absolute Gasteiger partial charge is 0.497 e. The lowest BCUT2D eigenvalue weighted by Gasteiger charge is -2.16. The smallest absolute Gasteiger partial charge is 0.234 e. The molecule has 0 radical (unpaired) electrons. The molecule has 5 nitrogen and oxygen atoms in total. The molecule has 0 aliphatic carbocycles. The van der Waals surface area contributed by atoms with Crippen LogP contribution in [0, 0.1) is 12.3 Å². The lowest BCUT2D eigenvalue weighted by molar-refractivity contribution is -0.121. The molecule has 1 N–H and O–H groups in total. The van der Waals surface area contributed by atoms with Crippen LogP contribution in [0.15, 0.2) is 24.3 Å². The Morgan fingerprint density at radius 2 is 2.00 bits per heavy atom. The molecule has 108 valence electrons. The molecule has 1 aromatic rings. The van der Waals surface area contributed by atoms with Crippen LogP contribution >= 0.6 is 0 Å². The third-order valence-corrected chi connectivity index (χ3v) is 2.60. The van der Waals surface area contributed by atoms with Crippen LogP contribution in [0.4, 0.5) is 0 Å². The highest BCUT2D eigenvalue weighted by molar-refractivity contribution is 5.78. The minimum Gasteiger partial charge on any atom is -0.497 e. The van der Waals surface area contributed by atoms with E-state index in [2.05, 4.69) is 11.2 Å². The van der Waals surface area contributed by atoms with Gasteiger partial charge in [0.1, 0.15) is 18.1 Å². The first kappa shape index (κ1) is 15.9. The minimum absolute atomic E-state index is 0.0881. The molecule has 0 fully saturated rings. The first-order valence-corrected chi connectivity index (χ1v) is 6.31. The highest BCUT2D eigenvalue weighted by Gasteiger charge is 2.05. The van der Waals surface area contributed by atoms with Crippen molar-refractivity contribution in [3.05, 3.63) is 24.3 Å². The average Bonchev–Trinajstić information content (AvgIpc) is 2.45. The van der Waals surface area contributed by atoms with Crippen molar-refractivity contribution < 1.29 is 14.3 Å². The van der Waals surface area contributed by atoms with Crippen LogP contribution in [0.2, 0.25) is 0 Å². The second-order valence-corrected chi connectivity index (χ2v) is 4.24. The number of likely N-dealkylation sites (N-methyl/N-ethyl adjacent to an activating group) is 1. The van der Waals surface area contributed by atoms with Crippen LogP contribution in [-0.4, -0.2) is 51.2 Å². The minimum atomic E-state index is -0.0881. The monoisotopic (exact) mass is 276 g/mol. The molecule has 0 aromatic heterocycles. The van der Waals surface area contributed by atoms with Crippen LogP contribution in [0.1, 0.15) is 0 Å². The summed E-state index contributed by atoms with van der Waals surface area (Å²) in [4.78, 5) is 13.3. The molecule has 0 atom stereocenters. The van der Waals surface area contributed by atoms with E-state index in [1.807, 2.05) is 36.2 Å². The number of ether oxygens (including phenoxy) is 2. The fourth-order valence-electron chi connectivity index (χ4n) is 1.52. The van der Waals surface area contributed by atoms with Crippen LogP contribution in [0.5, 0.6) is 11.5 Å². The molecule has 0 saturated carbocycles. The quantitative estimate of drug-likeness (QED) is 0.712. The summed E-state index contributed by atoms with van der Waals surface area (Å²) in [5.41, 5.74) is 0. The van der Waals surface area contributed by atoms with E-state index in [-0.39, 0.29) is 12.5 Å². The van der Waals surface area contributed by atoms with Crippen molar-refractivity contribution in [2.45, 2.75) is 0 Å². The highest BCUT2D eigenvalue weighted by Crippen LogP contribution is 2.16. The van der Waals surface area contributed by atoms with Gasteiger partial charge in [0.05, 0.1) is 20.2 Å². The number of benzene rings is 1. The van der Waals surface area contributed by atoms with Gasteiger partial charge in [0.25, 0.3) is 0 Å². The van der Waals surface area contributed by atoms with Crippen molar-refractivity contribution in [1.29, 1.82) is 0 Å². The molecule has 0 spiro atoms. The number of hydrogen-bond donors (Lipinski definition) is 1. The zero-order valence-electron chi connectivity index (χ0n) is 11.9. The van der Waals surface area contributed by atoms with Gasteiger partial charge in [-0.15, -0.1) is 6.42 Å². The van der Waals surface area contributed by atoms with E-state index >= 15 is 0 Å². The fourth-order valence-corrected chi connectivity index (χ4v) is 1.52. The predicted octanol–water partition coefficient (Wildman–Crippen LogP) is 0.755. The summed E-state index contributed by atoms with van der Waals surface area (Å²) in [5, 5.41) is 2.61. The Bertz CT molecular complexity index is 451. The summed E-state index contributed by atoms with van der Waals surface area (Å²) in [7, 11) is 3.48. The number of rotatable bonds is 8. The molecular formula is C15H20N2O3. The molecule has 0 unspecified atom stereocenters. The third kappa shape index (κ3) is 6.12. The number of methoxy groups -OCH3 is 1. The molecule has 5 heteroatoms. The molecule has 0 aliphatic rings. The number of nitrogens with one attached hydrogen (secondary N) is 1. The van der Waals surface area contributed by atoms with Gasteiger partial charge in [0.15, 0.2) is 0 Å². The normalized spacial score (nSPS) is 9.90. The summed E-state index contributed by atoms with van der Waals surface area (Å²) >= 11 is 0.